The molecule has 1 atom stereocenters. The van der Waals surface area contributed by atoms with Crippen LogP contribution in [0.5, 0.6) is 0 Å². The van der Waals surface area contributed by atoms with Gasteiger partial charge in [-0.3, -0.25) is 0 Å². The van der Waals surface area contributed by atoms with E-state index >= 15 is 0 Å². The summed E-state index contributed by atoms with van der Waals surface area (Å²) in [5, 5.41) is 0. The Morgan fingerprint density at radius 1 is 1.45 bits per heavy atom. The molecule has 2 rings (SSSR count). The van der Waals surface area contributed by atoms with E-state index in [0.717, 1.165) is 12.8 Å². The Hall–Kier alpha value is -1.60. The van der Waals surface area contributed by atoms with Crippen LogP contribution in [0.4, 0.5) is 5.69 Å². The monoisotopic (exact) mass is 298 g/mol. The van der Waals surface area contributed by atoms with Crippen LogP contribution in [0.25, 0.3) is 0 Å². The van der Waals surface area contributed by atoms with Crippen LogP contribution in [0.3, 0.4) is 0 Å². The van der Waals surface area contributed by atoms with Crippen molar-refractivity contribution in [1.82, 2.24) is 4.31 Å². The maximum Gasteiger partial charge on any atom is 0.339 e. The molecular weight excluding hydrogens is 280 g/mol. The Bertz CT molecular complexity index is 627. The molecule has 0 radical (unpaired) electrons. The lowest BCUT2D eigenvalue weighted by atomic mass is 10.2. The van der Waals surface area contributed by atoms with Gasteiger partial charge in [0.15, 0.2) is 0 Å². The second-order valence-electron chi connectivity index (χ2n) is 4.85. The number of rotatable bonds is 3. The summed E-state index contributed by atoms with van der Waals surface area (Å²) in [6, 6.07) is 4.10. The van der Waals surface area contributed by atoms with E-state index in [9.17, 15) is 13.2 Å². The van der Waals surface area contributed by atoms with E-state index in [-0.39, 0.29) is 16.5 Å². The summed E-state index contributed by atoms with van der Waals surface area (Å²) < 4.78 is 31.4. The molecule has 1 heterocycles. The first-order chi connectivity index (χ1) is 9.37. The third-order valence-corrected chi connectivity index (χ3v) is 5.56. The lowest BCUT2D eigenvalue weighted by Crippen LogP contribution is -2.34. The second kappa shape index (κ2) is 5.41. The van der Waals surface area contributed by atoms with E-state index in [1.165, 1.54) is 29.6 Å². The van der Waals surface area contributed by atoms with Crippen LogP contribution in [0, 0.1) is 0 Å². The molecule has 0 aliphatic carbocycles. The first-order valence-electron chi connectivity index (χ1n) is 6.37. The number of methoxy groups -OCH3 is 1. The van der Waals surface area contributed by atoms with Crippen LogP contribution >= 0.6 is 0 Å². The number of ether oxygens (including phenoxy) is 1. The zero-order chi connectivity index (χ0) is 14.9. The van der Waals surface area contributed by atoms with Gasteiger partial charge in [0, 0.05) is 18.3 Å². The van der Waals surface area contributed by atoms with Crippen LogP contribution in [0.2, 0.25) is 0 Å². The summed E-state index contributed by atoms with van der Waals surface area (Å²) in [5.41, 5.74) is 5.92. The highest BCUT2D eigenvalue weighted by Gasteiger charge is 2.35. The normalized spacial score (nSPS) is 20.0. The lowest BCUT2D eigenvalue weighted by Gasteiger charge is -2.22. The summed E-state index contributed by atoms with van der Waals surface area (Å²) in [4.78, 5) is 11.7. The first-order valence-corrected chi connectivity index (χ1v) is 7.81. The van der Waals surface area contributed by atoms with Crippen molar-refractivity contribution in [2.45, 2.75) is 30.7 Å². The van der Waals surface area contributed by atoms with Gasteiger partial charge in [-0.2, -0.15) is 4.31 Å². The van der Waals surface area contributed by atoms with Gasteiger partial charge in [-0.1, -0.05) is 0 Å². The maximum atomic E-state index is 12.7. The van der Waals surface area contributed by atoms with Gasteiger partial charge in [-0.15, -0.1) is 0 Å². The fourth-order valence-electron chi connectivity index (χ4n) is 2.43. The van der Waals surface area contributed by atoms with Gasteiger partial charge < -0.3 is 10.5 Å². The number of anilines is 1. The fourth-order valence-corrected chi connectivity index (χ4v) is 4.29. The number of carbonyl (C=O) groups excluding carboxylic acids is 1. The van der Waals surface area contributed by atoms with Crippen LogP contribution in [-0.4, -0.2) is 38.4 Å². The maximum absolute atomic E-state index is 12.7. The summed E-state index contributed by atoms with van der Waals surface area (Å²) >= 11 is 0. The minimum Gasteiger partial charge on any atom is -0.465 e. The van der Waals surface area contributed by atoms with Gasteiger partial charge in [0.05, 0.1) is 17.6 Å². The van der Waals surface area contributed by atoms with Gasteiger partial charge in [-0.05, 0) is 38.0 Å². The predicted octanol–water partition coefficient (Wildman–Crippen LogP) is 1.23. The van der Waals surface area contributed by atoms with E-state index < -0.39 is 16.0 Å². The van der Waals surface area contributed by atoms with Crippen LogP contribution in [0.1, 0.15) is 30.1 Å². The van der Waals surface area contributed by atoms with Crippen LogP contribution in [-0.2, 0) is 14.8 Å². The Labute approximate surface area is 118 Å². The molecule has 0 aromatic heterocycles. The molecule has 0 saturated carbocycles. The quantitative estimate of drug-likeness (QED) is 0.669. The Kier molecular flexibility index (Phi) is 4.01. The highest BCUT2D eigenvalue weighted by atomic mass is 32.2. The zero-order valence-corrected chi connectivity index (χ0v) is 12.3. The number of nitrogens with two attached hydrogens (primary N) is 1. The van der Waals surface area contributed by atoms with Crippen molar-refractivity contribution < 1.29 is 17.9 Å². The van der Waals surface area contributed by atoms with E-state index in [2.05, 4.69) is 4.74 Å². The SMILES string of the molecule is COC(=O)c1cc(N)ccc1S(=O)(=O)N1CCCC1C. The van der Waals surface area contributed by atoms with E-state index in [0.29, 0.717) is 12.2 Å². The Morgan fingerprint density at radius 3 is 2.70 bits per heavy atom. The van der Waals surface area contributed by atoms with Crippen molar-refractivity contribution >= 4 is 21.7 Å². The van der Waals surface area contributed by atoms with Crippen molar-refractivity contribution in [1.29, 1.82) is 0 Å². The molecule has 0 amide bonds. The smallest absolute Gasteiger partial charge is 0.339 e. The molecule has 7 heteroatoms. The first kappa shape index (κ1) is 14.8. The van der Waals surface area contributed by atoms with E-state index in [1.54, 1.807) is 0 Å². The summed E-state index contributed by atoms with van der Waals surface area (Å²) in [6.07, 6.45) is 1.64. The Balaban J connectivity index is 2.54. The van der Waals surface area contributed by atoms with E-state index in [1.807, 2.05) is 6.92 Å². The molecule has 1 aromatic rings. The molecule has 20 heavy (non-hydrogen) atoms. The summed E-state index contributed by atoms with van der Waals surface area (Å²) in [6.45, 7) is 2.33. The minimum absolute atomic E-state index is 0.0217. The Morgan fingerprint density at radius 2 is 2.15 bits per heavy atom. The number of carbonyl (C=O) groups is 1. The van der Waals surface area contributed by atoms with Crippen LogP contribution < -0.4 is 5.73 Å². The fraction of sp³-hybridized carbons (Fsp3) is 0.462. The number of nitrogen functional groups attached to an aromatic ring is 1. The molecule has 1 aromatic carbocycles. The summed E-state index contributed by atoms with van der Waals surface area (Å²) in [7, 11) is -2.50. The van der Waals surface area contributed by atoms with E-state index in [4.69, 9.17) is 5.73 Å². The molecule has 2 N–H and O–H groups in total. The highest BCUT2D eigenvalue weighted by Crippen LogP contribution is 2.29. The largest absolute Gasteiger partial charge is 0.465 e. The average Bonchev–Trinajstić information content (AvgIpc) is 2.84. The van der Waals surface area contributed by atoms with Gasteiger partial charge >= 0.3 is 5.97 Å². The molecule has 6 nitrogen and oxygen atoms in total. The third kappa shape index (κ3) is 2.51. The van der Waals surface area contributed by atoms with Crippen LogP contribution in [0.15, 0.2) is 23.1 Å². The van der Waals surface area contributed by atoms with Gasteiger partial charge in [0.25, 0.3) is 0 Å². The number of sulfonamides is 1. The number of esters is 1. The topological polar surface area (TPSA) is 89.7 Å². The standard InChI is InChI=1S/C13H18N2O4S/c1-9-4-3-7-15(9)20(17,18)12-6-5-10(14)8-11(12)13(16)19-2/h5-6,8-9H,3-4,7,14H2,1-2H3. The van der Waals surface area contributed by atoms with Crippen molar-refractivity contribution in [2.24, 2.45) is 0 Å². The molecule has 0 spiro atoms. The zero-order valence-electron chi connectivity index (χ0n) is 11.5. The molecule has 0 bridgehead atoms. The average molecular weight is 298 g/mol. The number of benzene rings is 1. The van der Waals surface area contributed by atoms with Crippen molar-refractivity contribution in [3.8, 4) is 0 Å². The van der Waals surface area contributed by atoms with Crippen molar-refractivity contribution in [2.75, 3.05) is 19.4 Å². The number of nitrogens with zero attached hydrogens (tertiary/aromatic N) is 1. The summed E-state index contributed by atoms with van der Waals surface area (Å²) in [5.74, 6) is -0.706. The lowest BCUT2D eigenvalue weighted by molar-refractivity contribution is 0.0596. The van der Waals surface area contributed by atoms with Gasteiger partial charge in [0.1, 0.15) is 0 Å². The third-order valence-electron chi connectivity index (χ3n) is 3.49. The van der Waals surface area contributed by atoms with Gasteiger partial charge in [-0.25, -0.2) is 13.2 Å². The molecule has 1 unspecified atom stereocenters. The van der Waals surface area contributed by atoms with Gasteiger partial charge in [0.2, 0.25) is 10.0 Å². The number of hydrogen-bond acceptors (Lipinski definition) is 5. The molecule has 1 fully saturated rings. The molecule has 1 saturated heterocycles. The second-order valence-corrected chi connectivity index (χ2v) is 6.71. The molecule has 110 valence electrons. The highest BCUT2D eigenvalue weighted by molar-refractivity contribution is 7.89. The minimum atomic E-state index is -3.71. The number of hydrogen-bond donors (Lipinski definition) is 1. The molecule has 1 aliphatic rings. The van der Waals surface area contributed by atoms with Crippen molar-refractivity contribution in [3.05, 3.63) is 23.8 Å². The predicted molar refractivity (Wildman–Crippen MR) is 74.8 cm³/mol. The molecular formula is C13H18N2O4S. The molecule has 1 aliphatic heterocycles. The van der Waals surface area contributed by atoms with Crippen molar-refractivity contribution in [3.63, 3.8) is 0 Å².